The van der Waals surface area contributed by atoms with Crippen molar-refractivity contribution in [2.45, 2.75) is 82.1 Å². The van der Waals surface area contributed by atoms with Gasteiger partial charge >= 0.3 is 0 Å². The molecule has 2 atom stereocenters. The van der Waals surface area contributed by atoms with E-state index in [1.165, 1.54) is 0 Å². The summed E-state index contributed by atoms with van der Waals surface area (Å²) < 4.78 is 5.45. The molecule has 1 aromatic heterocycles. The standard InChI is InChI=1S/C19H29N5O2/c1-19(8-6-16(26-2)7-9-19)24-18-21-12-13(11-20)17(23-18)22-14-4-3-5-15(25)10-14/h12,14-16,25H,3-10H2,1-2H3,(H2,21,22,23,24)/t14-,15+,16?,19?/m1/s1. The van der Waals surface area contributed by atoms with Gasteiger partial charge in [0.25, 0.3) is 0 Å². The zero-order chi connectivity index (χ0) is 18.6. The fourth-order valence-corrected chi connectivity index (χ4v) is 3.98. The third kappa shape index (κ3) is 4.63. The minimum absolute atomic E-state index is 0.0680. The van der Waals surface area contributed by atoms with Crippen LogP contribution in [0.1, 0.15) is 63.9 Å². The largest absolute Gasteiger partial charge is 0.393 e. The second kappa shape index (κ2) is 8.19. The van der Waals surface area contributed by atoms with Gasteiger partial charge in [0.15, 0.2) is 0 Å². The van der Waals surface area contributed by atoms with Crippen molar-refractivity contribution in [1.29, 1.82) is 5.26 Å². The Morgan fingerprint density at radius 3 is 2.73 bits per heavy atom. The number of nitrogens with one attached hydrogen (secondary N) is 2. The van der Waals surface area contributed by atoms with E-state index >= 15 is 0 Å². The Morgan fingerprint density at radius 2 is 2.08 bits per heavy atom. The number of aliphatic hydroxyl groups excluding tert-OH is 1. The van der Waals surface area contributed by atoms with Gasteiger partial charge < -0.3 is 20.5 Å². The fraction of sp³-hybridized carbons (Fsp3) is 0.737. The Balaban J connectivity index is 1.70. The van der Waals surface area contributed by atoms with Gasteiger partial charge in [-0.05, 0) is 58.3 Å². The first-order chi connectivity index (χ1) is 12.5. The van der Waals surface area contributed by atoms with Crippen molar-refractivity contribution >= 4 is 11.8 Å². The van der Waals surface area contributed by atoms with E-state index in [0.29, 0.717) is 29.9 Å². The van der Waals surface area contributed by atoms with Crippen LogP contribution in [-0.2, 0) is 4.74 Å². The Labute approximate surface area is 155 Å². The van der Waals surface area contributed by atoms with Crippen molar-refractivity contribution in [2.75, 3.05) is 17.7 Å². The molecule has 1 heterocycles. The van der Waals surface area contributed by atoms with Gasteiger partial charge in [-0.15, -0.1) is 0 Å². The fourth-order valence-electron chi connectivity index (χ4n) is 3.98. The van der Waals surface area contributed by atoms with Crippen LogP contribution in [0.5, 0.6) is 0 Å². The third-order valence-corrected chi connectivity index (χ3v) is 5.68. The molecular formula is C19H29N5O2. The summed E-state index contributed by atoms with van der Waals surface area (Å²) in [5.41, 5.74) is 0.366. The van der Waals surface area contributed by atoms with Gasteiger partial charge in [-0.3, -0.25) is 0 Å². The number of methoxy groups -OCH3 is 1. The molecule has 0 bridgehead atoms. The molecule has 0 unspecified atom stereocenters. The summed E-state index contributed by atoms with van der Waals surface area (Å²) in [6, 6.07) is 2.30. The lowest BCUT2D eigenvalue weighted by Gasteiger charge is -2.37. The molecule has 0 amide bonds. The lowest BCUT2D eigenvalue weighted by Crippen LogP contribution is -2.41. The van der Waals surface area contributed by atoms with E-state index in [2.05, 4.69) is 33.6 Å². The Morgan fingerprint density at radius 1 is 1.31 bits per heavy atom. The highest BCUT2D eigenvalue weighted by Gasteiger charge is 2.32. The van der Waals surface area contributed by atoms with E-state index in [1.807, 2.05) is 0 Å². The maximum absolute atomic E-state index is 9.87. The highest BCUT2D eigenvalue weighted by molar-refractivity contribution is 5.54. The van der Waals surface area contributed by atoms with E-state index in [9.17, 15) is 10.4 Å². The van der Waals surface area contributed by atoms with Crippen molar-refractivity contribution in [2.24, 2.45) is 0 Å². The van der Waals surface area contributed by atoms with E-state index < -0.39 is 0 Å². The molecule has 7 heteroatoms. The molecule has 2 aliphatic rings. The van der Waals surface area contributed by atoms with Gasteiger partial charge in [-0.25, -0.2) is 4.98 Å². The molecule has 0 aromatic carbocycles. The monoisotopic (exact) mass is 359 g/mol. The van der Waals surface area contributed by atoms with Gasteiger partial charge in [0.2, 0.25) is 5.95 Å². The summed E-state index contributed by atoms with van der Waals surface area (Å²) in [7, 11) is 1.77. The minimum atomic E-state index is -0.277. The van der Waals surface area contributed by atoms with Crippen LogP contribution < -0.4 is 10.6 Å². The first-order valence-corrected chi connectivity index (χ1v) is 9.54. The predicted molar refractivity (Wildman–Crippen MR) is 99.9 cm³/mol. The molecule has 142 valence electrons. The lowest BCUT2D eigenvalue weighted by atomic mass is 9.82. The van der Waals surface area contributed by atoms with Crippen LogP contribution >= 0.6 is 0 Å². The number of nitrogens with zero attached hydrogens (tertiary/aromatic N) is 3. The van der Waals surface area contributed by atoms with Gasteiger partial charge in [-0.2, -0.15) is 10.2 Å². The molecule has 0 aliphatic heterocycles. The number of nitriles is 1. The average molecular weight is 359 g/mol. The van der Waals surface area contributed by atoms with E-state index in [-0.39, 0.29) is 17.7 Å². The van der Waals surface area contributed by atoms with Crippen LogP contribution in [0.25, 0.3) is 0 Å². The smallest absolute Gasteiger partial charge is 0.225 e. The number of ether oxygens (including phenoxy) is 1. The maximum atomic E-state index is 9.87. The van der Waals surface area contributed by atoms with Crippen molar-refractivity contribution in [1.82, 2.24) is 9.97 Å². The molecule has 3 rings (SSSR count). The molecule has 0 saturated heterocycles. The van der Waals surface area contributed by atoms with Crippen molar-refractivity contribution in [3.8, 4) is 6.07 Å². The zero-order valence-electron chi connectivity index (χ0n) is 15.7. The molecule has 7 nitrogen and oxygen atoms in total. The third-order valence-electron chi connectivity index (χ3n) is 5.68. The molecule has 0 radical (unpaired) electrons. The van der Waals surface area contributed by atoms with Crippen LogP contribution in [0.3, 0.4) is 0 Å². The van der Waals surface area contributed by atoms with E-state index in [4.69, 9.17) is 4.74 Å². The number of hydrogen-bond acceptors (Lipinski definition) is 7. The highest BCUT2D eigenvalue weighted by atomic mass is 16.5. The van der Waals surface area contributed by atoms with Gasteiger partial charge in [-0.1, -0.05) is 0 Å². The SMILES string of the molecule is COC1CCC(C)(Nc2ncc(C#N)c(N[C@@H]3CCC[C@H](O)C3)n2)CC1. The summed E-state index contributed by atoms with van der Waals surface area (Å²) in [6.07, 6.45) is 9.14. The summed E-state index contributed by atoms with van der Waals surface area (Å²) in [6.45, 7) is 2.19. The van der Waals surface area contributed by atoms with E-state index in [0.717, 1.165) is 44.9 Å². The van der Waals surface area contributed by atoms with Gasteiger partial charge in [0.1, 0.15) is 17.5 Å². The summed E-state index contributed by atoms with van der Waals surface area (Å²) in [5.74, 6) is 1.10. The Kier molecular flexibility index (Phi) is 5.94. The average Bonchev–Trinajstić information content (AvgIpc) is 2.62. The summed E-state index contributed by atoms with van der Waals surface area (Å²) in [4.78, 5) is 8.90. The Hall–Kier alpha value is -1.91. The first-order valence-electron chi connectivity index (χ1n) is 9.54. The van der Waals surface area contributed by atoms with Crippen molar-refractivity contribution in [3.63, 3.8) is 0 Å². The summed E-state index contributed by atoms with van der Waals surface area (Å²) in [5, 5.41) is 26.0. The number of rotatable bonds is 5. The van der Waals surface area contributed by atoms with Crippen LogP contribution in [0.2, 0.25) is 0 Å². The number of aromatic nitrogens is 2. The molecule has 2 fully saturated rings. The second-order valence-electron chi connectivity index (χ2n) is 7.85. The van der Waals surface area contributed by atoms with Gasteiger partial charge in [0.05, 0.1) is 18.4 Å². The zero-order valence-corrected chi connectivity index (χ0v) is 15.7. The molecule has 26 heavy (non-hydrogen) atoms. The minimum Gasteiger partial charge on any atom is -0.393 e. The van der Waals surface area contributed by atoms with Crippen LogP contribution in [0.4, 0.5) is 11.8 Å². The van der Waals surface area contributed by atoms with Crippen molar-refractivity contribution in [3.05, 3.63) is 11.8 Å². The van der Waals surface area contributed by atoms with Crippen LogP contribution in [0, 0.1) is 11.3 Å². The van der Waals surface area contributed by atoms with Crippen molar-refractivity contribution < 1.29 is 9.84 Å². The first kappa shape index (κ1) is 18.9. The highest BCUT2D eigenvalue weighted by Crippen LogP contribution is 2.32. The quantitative estimate of drug-likeness (QED) is 0.743. The predicted octanol–water partition coefficient (Wildman–Crippen LogP) is 2.82. The molecule has 2 saturated carbocycles. The molecule has 1 aromatic rings. The number of anilines is 2. The lowest BCUT2D eigenvalue weighted by molar-refractivity contribution is 0.0563. The van der Waals surface area contributed by atoms with Crippen LogP contribution in [0.15, 0.2) is 6.20 Å². The topological polar surface area (TPSA) is 103 Å². The molecule has 0 spiro atoms. The summed E-state index contributed by atoms with van der Waals surface area (Å²) >= 11 is 0. The van der Waals surface area contributed by atoms with Gasteiger partial charge in [0, 0.05) is 18.7 Å². The number of hydrogen-bond donors (Lipinski definition) is 3. The molecule has 3 N–H and O–H groups in total. The van der Waals surface area contributed by atoms with Crippen LogP contribution in [-0.4, -0.2) is 46.0 Å². The Bertz CT molecular complexity index is 652. The van der Waals surface area contributed by atoms with E-state index in [1.54, 1.807) is 13.3 Å². The maximum Gasteiger partial charge on any atom is 0.225 e. The molecule has 2 aliphatic carbocycles. The second-order valence-corrected chi connectivity index (χ2v) is 7.85. The molecular weight excluding hydrogens is 330 g/mol. The number of aliphatic hydroxyl groups is 1. The normalized spacial score (nSPS) is 31.8.